The molecule has 14 heavy (non-hydrogen) atoms. The Morgan fingerprint density at radius 1 is 1.21 bits per heavy atom. The summed E-state index contributed by atoms with van der Waals surface area (Å²) in [4.78, 5) is 0. The second kappa shape index (κ2) is 6.57. The van der Waals surface area contributed by atoms with Crippen LogP contribution in [0.2, 0.25) is 0 Å². The van der Waals surface area contributed by atoms with E-state index in [4.69, 9.17) is 9.84 Å². The third-order valence-electron chi connectivity index (χ3n) is 2.24. The van der Waals surface area contributed by atoms with Crippen molar-refractivity contribution < 1.29 is 9.84 Å². The number of aliphatic hydroxyl groups is 1. The van der Waals surface area contributed by atoms with Gasteiger partial charge in [0.25, 0.3) is 0 Å². The number of benzene rings is 1. The summed E-state index contributed by atoms with van der Waals surface area (Å²) >= 11 is 0. The quantitative estimate of drug-likeness (QED) is 0.703. The summed E-state index contributed by atoms with van der Waals surface area (Å²) < 4.78 is 4.98. The highest BCUT2D eigenvalue weighted by Crippen LogP contribution is 2.08. The Kier molecular flexibility index (Phi) is 5.27. The van der Waals surface area contributed by atoms with Gasteiger partial charge in [0.1, 0.15) is 0 Å². The van der Waals surface area contributed by atoms with Crippen molar-refractivity contribution in [1.82, 2.24) is 0 Å². The molecule has 0 saturated carbocycles. The Bertz CT molecular complexity index is 258. The van der Waals surface area contributed by atoms with Crippen LogP contribution in [-0.4, -0.2) is 18.8 Å². The molecule has 1 aromatic carbocycles. The first-order valence-corrected chi connectivity index (χ1v) is 5.04. The highest BCUT2D eigenvalue weighted by molar-refractivity contribution is 5.22. The zero-order valence-electron chi connectivity index (χ0n) is 8.70. The SMILES string of the molecule is COCCCCc1cccc(CO)c1. The summed E-state index contributed by atoms with van der Waals surface area (Å²) in [5, 5.41) is 8.95. The summed E-state index contributed by atoms with van der Waals surface area (Å²) in [5.41, 5.74) is 2.29. The summed E-state index contributed by atoms with van der Waals surface area (Å²) in [6.45, 7) is 0.964. The lowest BCUT2D eigenvalue weighted by atomic mass is 10.1. The standard InChI is InChI=1S/C12H18O2/c1-14-8-3-2-5-11-6-4-7-12(9-11)10-13/h4,6-7,9,13H,2-3,5,8,10H2,1H3. The molecule has 0 bridgehead atoms. The topological polar surface area (TPSA) is 29.5 Å². The molecule has 0 unspecified atom stereocenters. The second-order valence-electron chi connectivity index (χ2n) is 3.43. The van der Waals surface area contributed by atoms with Crippen molar-refractivity contribution in [3.05, 3.63) is 35.4 Å². The third-order valence-corrected chi connectivity index (χ3v) is 2.24. The van der Waals surface area contributed by atoms with Gasteiger partial charge in [-0.15, -0.1) is 0 Å². The van der Waals surface area contributed by atoms with Gasteiger partial charge in [-0.05, 0) is 30.4 Å². The van der Waals surface area contributed by atoms with Gasteiger partial charge < -0.3 is 9.84 Å². The van der Waals surface area contributed by atoms with E-state index in [9.17, 15) is 0 Å². The van der Waals surface area contributed by atoms with Crippen LogP contribution in [0.5, 0.6) is 0 Å². The first-order chi connectivity index (χ1) is 6.86. The summed E-state index contributed by atoms with van der Waals surface area (Å²) in [6.07, 6.45) is 3.31. The van der Waals surface area contributed by atoms with Crippen LogP contribution >= 0.6 is 0 Å². The Morgan fingerprint density at radius 2 is 2.00 bits per heavy atom. The minimum absolute atomic E-state index is 0.131. The van der Waals surface area contributed by atoms with Gasteiger partial charge in [-0.1, -0.05) is 24.3 Å². The van der Waals surface area contributed by atoms with Gasteiger partial charge in [0.2, 0.25) is 0 Å². The van der Waals surface area contributed by atoms with E-state index in [0.29, 0.717) is 0 Å². The predicted molar refractivity (Wildman–Crippen MR) is 57.2 cm³/mol. The maximum atomic E-state index is 8.95. The molecule has 1 N–H and O–H groups in total. The Labute approximate surface area is 85.5 Å². The van der Waals surface area contributed by atoms with Crippen molar-refractivity contribution in [2.75, 3.05) is 13.7 Å². The molecule has 1 rings (SSSR count). The van der Waals surface area contributed by atoms with Gasteiger partial charge in [-0.3, -0.25) is 0 Å². The van der Waals surface area contributed by atoms with E-state index in [1.54, 1.807) is 7.11 Å². The smallest absolute Gasteiger partial charge is 0.0681 e. The van der Waals surface area contributed by atoms with Crippen molar-refractivity contribution in [1.29, 1.82) is 0 Å². The maximum Gasteiger partial charge on any atom is 0.0681 e. The minimum atomic E-state index is 0.131. The van der Waals surface area contributed by atoms with Gasteiger partial charge in [-0.2, -0.15) is 0 Å². The van der Waals surface area contributed by atoms with Gasteiger partial charge >= 0.3 is 0 Å². The molecular weight excluding hydrogens is 176 g/mol. The van der Waals surface area contributed by atoms with Crippen LogP contribution in [0, 0.1) is 0 Å². The second-order valence-corrected chi connectivity index (χ2v) is 3.43. The molecule has 0 heterocycles. The largest absolute Gasteiger partial charge is 0.392 e. The zero-order valence-corrected chi connectivity index (χ0v) is 8.70. The molecule has 0 aliphatic heterocycles. The van der Waals surface area contributed by atoms with Crippen molar-refractivity contribution in [3.8, 4) is 0 Å². The van der Waals surface area contributed by atoms with Crippen molar-refractivity contribution in [2.45, 2.75) is 25.9 Å². The lowest BCUT2D eigenvalue weighted by Gasteiger charge is -2.03. The number of aliphatic hydroxyl groups excluding tert-OH is 1. The maximum absolute atomic E-state index is 8.95. The van der Waals surface area contributed by atoms with Crippen LogP contribution in [0.4, 0.5) is 0 Å². The molecule has 2 heteroatoms. The monoisotopic (exact) mass is 194 g/mol. The first-order valence-electron chi connectivity index (χ1n) is 5.04. The fourth-order valence-corrected chi connectivity index (χ4v) is 1.46. The lowest BCUT2D eigenvalue weighted by Crippen LogP contribution is -1.92. The molecule has 0 saturated heterocycles. The van der Waals surface area contributed by atoms with Gasteiger partial charge in [-0.25, -0.2) is 0 Å². The minimum Gasteiger partial charge on any atom is -0.392 e. The van der Waals surface area contributed by atoms with E-state index in [1.807, 2.05) is 12.1 Å². The van der Waals surface area contributed by atoms with Gasteiger partial charge in [0.15, 0.2) is 0 Å². The normalized spacial score (nSPS) is 10.4. The Morgan fingerprint density at radius 3 is 2.71 bits per heavy atom. The average molecular weight is 194 g/mol. The number of hydrogen-bond donors (Lipinski definition) is 1. The molecule has 0 spiro atoms. The Hall–Kier alpha value is -0.860. The fourth-order valence-electron chi connectivity index (χ4n) is 1.46. The van der Waals surface area contributed by atoms with E-state index in [0.717, 1.165) is 31.4 Å². The first kappa shape index (κ1) is 11.2. The average Bonchev–Trinajstić information content (AvgIpc) is 2.25. The van der Waals surface area contributed by atoms with Crippen LogP contribution in [0.25, 0.3) is 0 Å². The summed E-state index contributed by atoms with van der Waals surface area (Å²) in [7, 11) is 1.73. The third kappa shape index (κ3) is 3.90. The summed E-state index contributed by atoms with van der Waals surface area (Å²) in [5.74, 6) is 0. The lowest BCUT2D eigenvalue weighted by molar-refractivity contribution is 0.193. The molecule has 0 amide bonds. The van der Waals surface area contributed by atoms with E-state index in [-0.39, 0.29) is 6.61 Å². The number of methoxy groups -OCH3 is 1. The molecule has 0 aromatic heterocycles. The molecular formula is C12H18O2. The molecule has 0 aliphatic rings. The van der Waals surface area contributed by atoms with Crippen molar-refractivity contribution >= 4 is 0 Å². The van der Waals surface area contributed by atoms with Crippen LogP contribution in [0.15, 0.2) is 24.3 Å². The molecule has 2 nitrogen and oxygen atoms in total. The Balaban J connectivity index is 2.34. The fraction of sp³-hybridized carbons (Fsp3) is 0.500. The van der Waals surface area contributed by atoms with Crippen LogP contribution in [-0.2, 0) is 17.8 Å². The number of aryl methyl sites for hydroxylation is 1. The van der Waals surface area contributed by atoms with Crippen molar-refractivity contribution in [2.24, 2.45) is 0 Å². The molecule has 78 valence electrons. The molecule has 0 atom stereocenters. The molecule has 1 aromatic rings. The van der Waals surface area contributed by atoms with Gasteiger partial charge in [0, 0.05) is 13.7 Å². The predicted octanol–water partition coefficient (Wildman–Crippen LogP) is 2.15. The van der Waals surface area contributed by atoms with Crippen LogP contribution in [0.3, 0.4) is 0 Å². The van der Waals surface area contributed by atoms with E-state index < -0.39 is 0 Å². The van der Waals surface area contributed by atoms with E-state index in [1.165, 1.54) is 5.56 Å². The molecule has 0 fully saturated rings. The number of rotatable bonds is 6. The number of ether oxygens (including phenoxy) is 1. The van der Waals surface area contributed by atoms with Crippen molar-refractivity contribution in [3.63, 3.8) is 0 Å². The number of hydrogen-bond acceptors (Lipinski definition) is 2. The zero-order chi connectivity index (χ0) is 10.2. The molecule has 0 aliphatic carbocycles. The van der Waals surface area contributed by atoms with Crippen LogP contribution < -0.4 is 0 Å². The van der Waals surface area contributed by atoms with E-state index in [2.05, 4.69) is 12.1 Å². The van der Waals surface area contributed by atoms with Gasteiger partial charge in [0.05, 0.1) is 6.61 Å². The molecule has 0 radical (unpaired) electrons. The summed E-state index contributed by atoms with van der Waals surface area (Å²) in [6, 6.07) is 8.11. The van der Waals surface area contributed by atoms with E-state index >= 15 is 0 Å². The highest BCUT2D eigenvalue weighted by atomic mass is 16.5. The highest BCUT2D eigenvalue weighted by Gasteiger charge is 1.95. The van der Waals surface area contributed by atoms with Crippen LogP contribution in [0.1, 0.15) is 24.0 Å². The number of unbranched alkanes of at least 4 members (excludes halogenated alkanes) is 1.